The Hall–Kier alpha value is -1.43. The minimum atomic E-state index is -0.129. The Labute approximate surface area is 94.9 Å². The average Bonchev–Trinajstić information content (AvgIpc) is 2.75. The Morgan fingerprint density at radius 2 is 2.20 bits per heavy atom. The van der Waals surface area contributed by atoms with Gasteiger partial charge in [0.1, 0.15) is 10.3 Å². The molecule has 0 aliphatic carbocycles. The van der Waals surface area contributed by atoms with Gasteiger partial charge in [-0.3, -0.25) is 9.48 Å². The van der Waals surface area contributed by atoms with Crippen molar-refractivity contribution in [1.82, 2.24) is 19.3 Å². The highest BCUT2D eigenvalue weighted by Gasteiger charge is 2.17. The van der Waals surface area contributed by atoms with Gasteiger partial charge in [0, 0.05) is 20.3 Å². The summed E-state index contributed by atoms with van der Waals surface area (Å²) in [5.41, 5.74) is 0.947. The number of carbonyl (C=O) groups is 1. The van der Waals surface area contributed by atoms with Crippen molar-refractivity contribution in [2.45, 2.75) is 0 Å². The number of aromatic nitrogens is 4. The predicted molar refractivity (Wildman–Crippen MR) is 57.5 cm³/mol. The molecule has 0 atom stereocenters. The summed E-state index contributed by atoms with van der Waals surface area (Å²) in [6.45, 7) is 0. The third kappa shape index (κ3) is 1.72. The molecule has 2 rings (SSSR count). The minimum absolute atomic E-state index is 0.129. The molecule has 0 saturated heterocycles. The Morgan fingerprint density at radius 3 is 2.67 bits per heavy atom. The first-order chi connectivity index (χ1) is 7.09. The molecule has 15 heavy (non-hydrogen) atoms. The number of hydrogen-bond acceptors (Lipinski definition) is 3. The van der Waals surface area contributed by atoms with E-state index < -0.39 is 0 Å². The summed E-state index contributed by atoms with van der Waals surface area (Å²) in [7, 11) is 3.58. The van der Waals surface area contributed by atoms with Crippen molar-refractivity contribution in [3.05, 3.63) is 34.6 Å². The van der Waals surface area contributed by atoms with Crippen molar-refractivity contribution in [3.8, 4) is 0 Å². The smallest absolute Gasteiger partial charge is 0.217 e. The zero-order valence-electron chi connectivity index (χ0n) is 8.31. The average molecular weight is 269 g/mol. The fraction of sp³-hybridized carbons (Fsp3) is 0.222. The molecule has 0 aromatic carbocycles. The zero-order chi connectivity index (χ0) is 11.0. The maximum Gasteiger partial charge on any atom is 0.217 e. The summed E-state index contributed by atoms with van der Waals surface area (Å²) in [6, 6.07) is 0. The second-order valence-electron chi connectivity index (χ2n) is 3.23. The van der Waals surface area contributed by atoms with Crippen LogP contribution in [0.4, 0.5) is 0 Å². The van der Waals surface area contributed by atoms with Gasteiger partial charge in [0.25, 0.3) is 0 Å². The molecular weight excluding hydrogens is 260 g/mol. The lowest BCUT2D eigenvalue weighted by Crippen LogP contribution is -2.02. The molecule has 0 N–H and O–H groups in total. The highest BCUT2D eigenvalue weighted by Crippen LogP contribution is 2.17. The largest absolute Gasteiger partial charge is 0.340 e. The van der Waals surface area contributed by atoms with E-state index in [1.54, 1.807) is 28.8 Å². The monoisotopic (exact) mass is 268 g/mol. The number of nitrogens with zero attached hydrogens (tertiary/aromatic N) is 4. The van der Waals surface area contributed by atoms with Crippen LogP contribution in [0.25, 0.3) is 0 Å². The Bertz CT molecular complexity index is 514. The number of hydrogen-bond donors (Lipinski definition) is 0. The second kappa shape index (κ2) is 3.62. The maximum atomic E-state index is 11.9. The third-order valence-corrected chi connectivity index (χ3v) is 2.99. The molecule has 0 spiro atoms. The summed E-state index contributed by atoms with van der Waals surface area (Å²) < 4.78 is 3.99. The highest BCUT2D eigenvalue weighted by atomic mass is 79.9. The molecule has 0 radical (unpaired) electrons. The molecule has 0 saturated carbocycles. The van der Waals surface area contributed by atoms with Gasteiger partial charge in [-0.2, -0.15) is 5.10 Å². The lowest BCUT2D eigenvalue weighted by molar-refractivity contribution is 0.103. The molecule has 0 unspecified atom stereocenters. The van der Waals surface area contributed by atoms with Crippen molar-refractivity contribution >= 4 is 21.7 Å². The van der Waals surface area contributed by atoms with Gasteiger partial charge in [-0.25, -0.2) is 4.98 Å². The summed E-state index contributed by atoms with van der Waals surface area (Å²) in [5.74, 6) is -0.129. The summed E-state index contributed by atoms with van der Waals surface area (Å²) >= 11 is 3.30. The fourth-order valence-corrected chi connectivity index (χ4v) is 1.62. The van der Waals surface area contributed by atoms with Gasteiger partial charge in [0.05, 0.1) is 18.1 Å². The van der Waals surface area contributed by atoms with Gasteiger partial charge in [-0.1, -0.05) is 0 Å². The molecule has 2 aromatic rings. The number of halogens is 1. The Morgan fingerprint density at radius 1 is 1.47 bits per heavy atom. The van der Waals surface area contributed by atoms with E-state index in [0.717, 1.165) is 0 Å². The second-order valence-corrected chi connectivity index (χ2v) is 3.98. The molecule has 0 aliphatic heterocycles. The van der Waals surface area contributed by atoms with E-state index in [1.165, 1.54) is 6.20 Å². The van der Waals surface area contributed by atoms with E-state index in [1.807, 2.05) is 7.05 Å². The van der Waals surface area contributed by atoms with Crippen LogP contribution in [-0.2, 0) is 14.1 Å². The molecule has 2 aromatic heterocycles. The molecule has 0 bridgehead atoms. The van der Waals surface area contributed by atoms with Crippen LogP contribution in [0.2, 0.25) is 0 Å². The lowest BCUT2D eigenvalue weighted by atomic mass is 10.2. The molecule has 78 valence electrons. The van der Waals surface area contributed by atoms with E-state index in [9.17, 15) is 4.79 Å². The number of rotatable bonds is 2. The number of imidazole rings is 1. The van der Waals surface area contributed by atoms with E-state index in [-0.39, 0.29) is 5.78 Å². The van der Waals surface area contributed by atoms with Crippen LogP contribution in [0.5, 0.6) is 0 Å². The SMILES string of the molecule is Cn1cnc(C(=O)c2cnn(C)c2Br)c1. The van der Waals surface area contributed by atoms with E-state index in [0.29, 0.717) is 15.9 Å². The van der Waals surface area contributed by atoms with E-state index in [2.05, 4.69) is 26.0 Å². The van der Waals surface area contributed by atoms with Gasteiger partial charge >= 0.3 is 0 Å². The summed E-state index contributed by atoms with van der Waals surface area (Å²) in [4.78, 5) is 15.9. The zero-order valence-corrected chi connectivity index (χ0v) is 9.89. The van der Waals surface area contributed by atoms with Crippen molar-refractivity contribution in [3.63, 3.8) is 0 Å². The van der Waals surface area contributed by atoms with E-state index in [4.69, 9.17) is 0 Å². The fourth-order valence-electron chi connectivity index (χ4n) is 1.24. The molecule has 0 amide bonds. The summed E-state index contributed by atoms with van der Waals surface area (Å²) in [5, 5.41) is 3.98. The molecule has 0 fully saturated rings. The van der Waals surface area contributed by atoms with E-state index >= 15 is 0 Å². The standard InChI is InChI=1S/C9H9BrN4O/c1-13-4-7(11-5-13)8(15)6-3-12-14(2)9(6)10/h3-5H,1-2H3. The van der Waals surface area contributed by atoms with Crippen molar-refractivity contribution < 1.29 is 4.79 Å². The van der Waals surface area contributed by atoms with Crippen LogP contribution in [0.15, 0.2) is 23.3 Å². The molecular formula is C9H9BrN4O. The maximum absolute atomic E-state index is 11.9. The van der Waals surface area contributed by atoms with Crippen molar-refractivity contribution in [2.75, 3.05) is 0 Å². The predicted octanol–water partition coefficient (Wildman–Crippen LogP) is 1.15. The lowest BCUT2D eigenvalue weighted by Gasteiger charge is -1.95. The van der Waals surface area contributed by atoms with Crippen LogP contribution in [0, 0.1) is 0 Å². The number of aryl methyl sites for hydroxylation is 2. The first kappa shape index (κ1) is 10.1. The molecule has 0 aliphatic rings. The Kier molecular flexibility index (Phi) is 2.44. The topological polar surface area (TPSA) is 52.7 Å². The molecule has 2 heterocycles. The number of ketones is 1. The molecule has 6 heteroatoms. The van der Waals surface area contributed by atoms with Gasteiger partial charge < -0.3 is 4.57 Å². The minimum Gasteiger partial charge on any atom is -0.340 e. The normalized spacial score (nSPS) is 10.6. The quantitative estimate of drug-likeness (QED) is 0.768. The summed E-state index contributed by atoms with van der Waals surface area (Å²) in [6.07, 6.45) is 4.81. The first-order valence-corrected chi connectivity index (χ1v) is 5.09. The van der Waals surface area contributed by atoms with Crippen LogP contribution in [0.1, 0.15) is 16.1 Å². The third-order valence-electron chi connectivity index (χ3n) is 2.05. The molecule has 5 nitrogen and oxygen atoms in total. The van der Waals surface area contributed by atoms with Crippen LogP contribution >= 0.6 is 15.9 Å². The van der Waals surface area contributed by atoms with Gasteiger partial charge in [-0.05, 0) is 15.9 Å². The Balaban J connectivity index is 2.41. The van der Waals surface area contributed by atoms with Crippen molar-refractivity contribution in [2.24, 2.45) is 14.1 Å². The number of carbonyl (C=O) groups excluding carboxylic acids is 1. The van der Waals surface area contributed by atoms with Gasteiger partial charge in [0.15, 0.2) is 0 Å². The van der Waals surface area contributed by atoms with Gasteiger partial charge in [0.2, 0.25) is 5.78 Å². The van der Waals surface area contributed by atoms with Crippen LogP contribution in [-0.4, -0.2) is 25.1 Å². The van der Waals surface area contributed by atoms with Crippen molar-refractivity contribution in [1.29, 1.82) is 0 Å². The van der Waals surface area contributed by atoms with Gasteiger partial charge in [-0.15, -0.1) is 0 Å². The first-order valence-electron chi connectivity index (χ1n) is 4.29. The highest BCUT2D eigenvalue weighted by molar-refractivity contribution is 9.10. The van der Waals surface area contributed by atoms with Crippen LogP contribution < -0.4 is 0 Å². The van der Waals surface area contributed by atoms with Crippen LogP contribution in [0.3, 0.4) is 0 Å².